The summed E-state index contributed by atoms with van der Waals surface area (Å²) >= 11 is 4.83. The molecule has 0 nitrogen and oxygen atoms in total. The number of rotatable bonds is 1. The molecule has 0 radical (unpaired) electrons. The molecule has 0 atom stereocenters. The molecular weight excluding hydrogens is 514 g/mol. The second-order valence-electron chi connectivity index (χ2n) is 5.51. The van der Waals surface area contributed by atoms with Crippen LogP contribution >= 0.6 is 55.2 Å². The Labute approximate surface area is 159 Å². The third-order valence-electron chi connectivity index (χ3n) is 4.27. The molecule has 3 heteroatoms. The number of hydrogen-bond acceptors (Lipinski definition) is 0. The van der Waals surface area contributed by atoms with Gasteiger partial charge in [-0.05, 0) is 116 Å². The zero-order valence-electron chi connectivity index (χ0n) is 12.0. The van der Waals surface area contributed by atoms with Crippen LogP contribution in [0.4, 0.5) is 0 Å². The van der Waals surface area contributed by atoms with Crippen LogP contribution in [0.1, 0.15) is 0 Å². The van der Waals surface area contributed by atoms with E-state index in [-0.39, 0.29) is 0 Å². The minimum absolute atomic E-state index is 1.14. The summed E-state index contributed by atoms with van der Waals surface area (Å²) < 4.78 is 2.61. The second kappa shape index (κ2) is 5.53. The van der Waals surface area contributed by atoms with Gasteiger partial charge in [0.05, 0.1) is 0 Å². The van der Waals surface area contributed by atoms with Crippen LogP contribution < -0.4 is 0 Å². The fourth-order valence-electron chi connectivity index (χ4n) is 3.20. The van der Waals surface area contributed by atoms with Crippen LogP contribution in [0, 0.1) is 7.14 Å². The molecule has 0 fully saturated rings. The standard InChI is InChI=1S/C19H14I2S/c1-22(15-5-3-2-4-6-15)18-9-7-13(20)11-16(18)17-12-14(21)8-10-19(17)22/h2-12H,1H3. The first-order chi connectivity index (χ1) is 10.6. The number of benzene rings is 3. The van der Waals surface area contributed by atoms with Gasteiger partial charge < -0.3 is 0 Å². The molecule has 3 aromatic rings. The van der Waals surface area contributed by atoms with Gasteiger partial charge in [0.15, 0.2) is 0 Å². The molecule has 1 aliphatic heterocycles. The highest BCUT2D eigenvalue weighted by Gasteiger charge is 2.36. The monoisotopic (exact) mass is 528 g/mol. The molecule has 0 aliphatic carbocycles. The predicted molar refractivity (Wildman–Crippen MR) is 112 cm³/mol. The molecule has 3 aromatic carbocycles. The van der Waals surface area contributed by atoms with Gasteiger partial charge in [-0.15, -0.1) is 0 Å². The minimum Gasteiger partial charge on any atom is -0.162 e. The van der Waals surface area contributed by atoms with E-state index in [1.807, 2.05) is 0 Å². The van der Waals surface area contributed by atoms with Crippen LogP contribution in [-0.4, -0.2) is 6.26 Å². The summed E-state index contributed by atoms with van der Waals surface area (Å²) in [7, 11) is -1.14. The maximum absolute atomic E-state index is 2.44. The third kappa shape index (κ3) is 2.16. The molecule has 0 aromatic heterocycles. The lowest BCUT2D eigenvalue weighted by Gasteiger charge is -2.34. The van der Waals surface area contributed by atoms with E-state index < -0.39 is 10.0 Å². The lowest BCUT2D eigenvalue weighted by atomic mass is 10.1. The Kier molecular flexibility index (Phi) is 3.77. The van der Waals surface area contributed by atoms with Gasteiger partial charge in [-0.25, -0.2) is 0 Å². The lowest BCUT2D eigenvalue weighted by molar-refractivity contribution is 1.36. The molecule has 22 heavy (non-hydrogen) atoms. The van der Waals surface area contributed by atoms with E-state index in [1.54, 1.807) is 0 Å². The normalized spacial score (nSPS) is 16.0. The van der Waals surface area contributed by atoms with Crippen LogP contribution in [0.3, 0.4) is 0 Å². The fraction of sp³-hybridized carbons (Fsp3) is 0.0526. The van der Waals surface area contributed by atoms with Crippen molar-refractivity contribution in [2.45, 2.75) is 14.7 Å². The van der Waals surface area contributed by atoms with Crippen LogP contribution in [0.5, 0.6) is 0 Å². The minimum atomic E-state index is -1.14. The van der Waals surface area contributed by atoms with E-state index in [0.29, 0.717) is 0 Å². The van der Waals surface area contributed by atoms with E-state index in [0.717, 1.165) is 0 Å². The Hall–Kier alpha value is -0.530. The van der Waals surface area contributed by atoms with Gasteiger partial charge in [0.1, 0.15) is 0 Å². The molecule has 1 aliphatic rings. The molecule has 4 rings (SSSR count). The molecule has 0 spiro atoms. The molecule has 0 N–H and O–H groups in total. The van der Waals surface area contributed by atoms with Crippen molar-refractivity contribution >= 4 is 55.2 Å². The molecule has 0 amide bonds. The van der Waals surface area contributed by atoms with Crippen molar-refractivity contribution < 1.29 is 0 Å². The maximum atomic E-state index is 2.44. The van der Waals surface area contributed by atoms with Crippen molar-refractivity contribution in [2.75, 3.05) is 6.26 Å². The Morgan fingerprint density at radius 1 is 0.682 bits per heavy atom. The molecular formula is C19H14I2S. The van der Waals surface area contributed by atoms with E-state index in [4.69, 9.17) is 0 Å². The van der Waals surface area contributed by atoms with Crippen LogP contribution in [0.2, 0.25) is 0 Å². The highest BCUT2D eigenvalue weighted by atomic mass is 127. The second-order valence-corrected chi connectivity index (χ2v) is 11.2. The van der Waals surface area contributed by atoms with Gasteiger partial charge in [0.25, 0.3) is 0 Å². The first-order valence-corrected chi connectivity index (χ1v) is 11.2. The van der Waals surface area contributed by atoms with Crippen molar-refractivity contribution in [2.24, 2.45) is 0 Å². The van der Waals surface area contributed by atoms with Gasteiger partial charge in [-0.1, -0.05) is 18.2 Å². The lowest BCUT2D eigenvalue weighted by Crippen LogP contribution is -1.97. The Bertz CT molecular complexity index is 820. The number of hydrogen-bond donors (Lipinski definition) is 0. The maximum Gasteiger partial charge on any atom is 0.0137 e. The molecule has 1 heterocycles. The summed E-state index contributed by atoms with van der Waals surface area (Å²) in [5.74, 6) is 0. The molecule has 0 saturated heterocycles. The molecule has 0 unspecified atom stereocenters. The molecule has 110 valence electrons. The van der Waals surface area contributed by atoms with E-state index in [1.165, 1.54) is 33.0 Å². The smallest absolute Gasteiger partial charge is 0.0137 e. The van der Waals surface area contributed by atoms with Gasteiger partial charge in [-0.2, -0.15) is 10.0 Å². The summed E-state index contributed by atoms with van der Waals surface area (Å²) in [6.45, 7) is 0. The largest absolute Gasteiger partial charge is 0.162 e. The summed E-state index contributed by atoms with van der Waals surface area (Å²) in [6, 6.07) is 24.8. The quantitative estimate of drug-likeness (QED) is 0.306. The SMILES string of the molecule is CS1(c2ccccc2)c2ccc(I)cc2-c2cc(I)ccc21. The van der Waals surface area contributed by atoms with Crippen molar-refractivity contribution in [3.05, 3.63) is 73.9 Å². The van der Waals surface area contributed by atoms with E-state index in [2.05, 4.69) is 118 Å². The van der Waals surface area contributed by atoms with Crippen molar-refractivity contribution in [3.63, 3.8) is 0 Å². The highest BCUT2D eigenvalue weighted by Crippen LogP contribution is 2.73. The van der Waals surface area contributed by atoms with E-state index in [9.17, 15) is 0 Å². The highest BCUT2D eigenvalue weighted by molar-refractivity contribution is 14.1. The van der Waals surface area contributed by atoms with Crippen LogP contribution in [-0.2, 0) is 0 Å². The molecule has 0 saturated carbocycles. The van der Waals surface area contributed by atoms with Gasteiger partial charge in [0, 0.05) is 16.9 Å². The zero-order valence-corrected chi connectivity index (χ0v) is 17.1. The molecule has 0 bridgehead atoms. The summed E-state index contributed by atoms with van der Waals surface area (Å²) in [4.78, 5) is 4.43. The van der Waals surface area contributed by atoms with Crippen molar-refractivity contribution in [1.29, 1.82) is 0 Å². The fourth-order valence-corrected chi connectivity index (χ4v) is 7.53. The average molecular weight is 528 g/mol. The zero-order chi connectivity index (χ0) is 15.3. The number of fused-ring (bicyclic) bond motifs is 3. The van der Waals surface area contributed by atoms with Crippen LogP contribution in [0.15, 0.2) is 81.4 Å². The predicted octanol–water partition coefficient (Wildman–Crippen LogP) is 6.79. The third-order valence-corrected chi connectivity index (χ3v) is 9.30. The first kappa shape index (κ1) is 15.0. The Morgan fingerprint density at radius 2 is 1.18 bits per heavy atom. The van der Waals surface area contributed by atoms with Gasteiger partial charge in [0.2, 0.25) is 0 Å². The Balaban J connectivity index is 2.10. The number of halogens is 2. The van der Waals surface area contributed by atoms with Crippen LogP contribution in [0.25, 0.3) is 11.1 Å². The average Bonchev–Trinajstić information content (AvgIpc) is 2.78. The summed E-state index contributed by atoms with van der Waals surface area (Å²) in [6.07, 6.45) is 2.44. The first-order valence-electron chi connectivity index (χ1n) is 7.04. The van der Waals surface area contributed by atoms with Gasteiger partial charge >= 0.3 is 0 Å². The van der Waals surface area contributed by atoms with Crippen molar-refractivity contribution in [1.82, 2.24) is 0 Å². The topological polar surface area (TPSA) is 0 Å². The van der Waals surface area contributed by atoms with E-state index >= 15 is 0 Å². The summed E-state index contributed by atoms with van der Waals surface area (Å²) in [5, 5.41) is 0. The van der Waals surface area contributed by atoms with Gasteiger partial charge in [-0.3, -0.25) is 0 Å². The van der Waals surface area contributed by atoms with Crippen molar-refractivity contribution in [3.8, 4) is 11.1 Å². The Morgan fingerprint density at radius 3 is 1.68 bits per heavy atom. The summed E-state index contributed by atoms with van der Waals surface area (Å²) in [5.41, 5.74) is 2.84.